The third-order valence-electron chi connectivity index (χ3n) is 3.38. The van der Waals surface area contributed by atoms with Gasteiger partial charge in [-0.1, -0.05) is 13.8 Å². The number of amides is 1. The predicted octanol–water partition coefficient (Wildman–Crippen LogP) is -1.60. The van der Waals surface area contributed by atoms with Crippen LogP contribution in [0.25, 0.3) is 0 Å². The summed E-state index contributed by atoms with van der Waals surface area (Å²) in [7, 11) is -3.42. The van der Waals surface area contributed by atoms with Gasteiger partial charge in [-0.25, -0.2) is 13.6 Å². The van der Waals surface area contributed by atoms with Crippen molar-refractivity contribution in [1.82, 2.24) is 9.80 Å². The summed E-state index contributed by atoms with van der Waals surface area (Å²) in [5.74, 6) is 0.0425. The zero-order chi connectivity index (χ0) is 14.6. The molecule has 1 fully saturated rings. The lowest BCUT2D eigenvalue weighted by atomic mass is 10.0. The Bertz CT molecular complexity index is 402. The van der Waals surface area contributed by atoms with E-state index in [4.69, 9.17) is 10.9 Å². The molecule has 19 heavy (non-hydrogen) atoms. The normalized spacial score (nSPS) is 19.7. The highest BCUT2D eigenvalue weighted by Gasteiger charge is 2.26. The number of sulfonamides is 1. The summed E-state index contributed by atoms with van der Waals surface area (Å²) >= 11 is 0. The second-order valence-electron chi connectivity index (χ2n) is 5.30. The van der Waals surface area contributed by atoms with E-state index in [1.54, 1.807) is 4.90 Å². The van der Waals surface area contributed by atoms with Crippen molar-refractivity contribution in [3.63, 3.8) is 0 Å². The van der Waals surface area contributed by atoms with E-state index in [0.717, 1.165) is 0 Å². The summed E-state index contributed by atoms with van der Waals surface area (Å²) in [5, 5.41) is 4.97. The molecule has 0 aromatic heterocycles. The van der Waals surface area contributed by atoms with Crippen LogP contribution >= 0.6 is 0 Å². The summed E-state index contributed by atoms with van der Waals surface area (Å²) in [5.41, 5.74) is 5.84. The maximum atomic E-state index is 12.0. The van der Waals surface area contributed by atoms with Gasteiger partial charge in [-0.2, -0.15) is 0 Å². The van der Waals surface area contributed by atoms with Gasteiger partial charge in [-0.05, 0) is 5.92 Å². The molecule has 1 aliphatic rings. The smallest absolute Gasteiger partial charge is 0.239 e. The standard InChI is InChI=1S/C11H24N4O3S/c1-9(2)10(12)11(16)15-5-3-14(4-6-15)7-8-19(13,17)18/h9-10H,3-8,12H2,1-2H3,(H2,13,17,18)/t10-/m0/s1. The molecule has 1 rings (SSSR count). The van der Waals surface area contributed by atoms with Crippen molar-refractivity contribution >= 4 is 15.9 Å². The van der Waals surface area contributed by atoms with Gasteiger partial charge in [0.2, 0.25) is 15.9 Å². The van der Waals surface area contributed by atoms with E-state index in [-0.39, 0.29) is 17.6 Å². The van der Waals surface area contributed by atoms with E-state index in [2.05, 4.69) is 0 Å². The van der Waals surface area contributed by atoms with Gasteiger partial charge in [0.1, 0.15) is 0 Å². The zero-order valence-electron chi connectivity index (χ0n) is 11.6. The molecular formula is C11H24N4O3S. The molecule has 0 bridgehead atoms. The number of hydrogen-bond donors (Lipinski definition) is 2. The minimum atomic E-state index is -3.42. The topological polar surface area (TPSA) is 110 Å². The summed E-state index contributed by atoms with van der Waals surface area (Å²) in [6.07, 6.45) is 0. The molecule has 4 N–H and O–H groups in total. The van der Waals surface area contributed by atoms with E-state index in [0.29, 0.717) is 32.7 Å². The molecule has 0 aromatic rings. The van der Waals surface area contributed by atoms with Crippen LogP contribution < -0.4 is 10.9 Å². The van der Waals surface area contributed by atoms with Crippen LogP contribution in [0.2, 0.25) is 0 Å². The Morgan fingerprint density at radius 2 is 1.74 bits per heavy atom. The van der Waals surface area contributed by atoms with Gasteiger partial charge in [0.15, 0.2) is 0 Å². The first-order valence-electron chi connectivity index (χ1n) is 6.48. The molecule has 0 radical (unpaired) electrons. The van der Waals surface area contributed by atoms with Crippen LogP contribution in [0.5, 0.6) is 0 Å². The lowest BCUT2D eigenvalue weighted by Gasteiger charge is -2.36. The van der Waals surface area contributed by atoms with E-state index >= 15 is 0 Å². The van der Waals surface area contributed by atoms with Crippen molar-refractivity contribution in [2.45, 2.75) is 19.9 Å². The van der Waals surface area contributed by atoms with Crippen LogP contribution in [0.4, 0.5) is 0 Å². The zero-order valence-corrected chi connectivity index (χ0v) is 12.4. The molecule has 1 aliphatic heterocycles. The average molecular weight is 292 g/mol. The first kappa shape index (κ1) is 16.4. The molecule has 0 unspecified atom stereocenters. The number of nitrogens with zero attached hydrogens (tertiary/aromatic N) is 2. The molecule has 0 aromatic carbocycles. The van der Waals surface area contributed by atoms with Crippen molar-refractivity contribution in [1.29, 1.82) is 0 Å². The summed E-state index contributed by atoms with van der Waals surface area (Å²) in [6, 6.07) is -0.462. The second-order valence-corrected chi connectivity index (χ2v) is 7.04. The van der Waals surface area contributed by atoms with Gasteiger partial charge >= 0.3 is 0 Å². The number of primary sulfonamides is 1. The summed E-state index contributed by atoms with van der Waals surface area (Å²) in [4.78, 5) is 15.8. The minimum Gasteiger partial charge on any atom is -0.339 e. The van der Waals surface area contributed by atoms with Crippen LogP contribution in [0.15, 0.2) is 0 Å². The maximum absolute atomic E-state index is 12.0. The molecule has 7 nitrogen and oxygen atoms in total. The van der Waals surface area contributed by atoms with E-state index < -0.39 is 16.1 Å². The molecule has 0 spiro atoms. The Morgan fingerprint density at radius 1 is 1.21 bits per heavy atom. The number of carbonyl (C=O) groups excluding carboxylic acids is 1. The number of hydrogen-bond acceptors (Lipinski definition) is 5. The fraction of sp³-hybridized carbons (Fsp3) is 0.909. The Labute approximate surface area is 115 Å². The molecule has 1 heterocycles. The quantitative estimate of drug-likeness (QED) is 0.634. The Kier molecular flexibility index (Phi) is 5.72. The van der Waals surface area contributed by atoms with Crippen LogP contribution in [0.3, 0.4) is 0 Å². The Morgan fingerprint density at radius 3 is 2.16 bits per heavy atom. The minimum absolute atomic E-state index is 0.0268. The van der Waals surface area contributed by atoms with Gasteiger partial charge < -0.3 is 10.6 Å². The van der Waals surface area contributed by atoms with Crippen molar-refractivity contribution in [3.05, 3.63) is 0 Å². The first-order valence-corrected chi connectivity index (χ1v) is 8.19. The first-order chi connectivity index (χ1) is 8.70. The van der Waals surface area contributed by atoms with Crippen LogP contribution in [0, 0.1) is 5.92 Å². The largest absolute Gasteiger partial charge is 0.339 e. The molecule has 8 heteroatoms. The SMILES string of the molecule is CC(C)[C@H](N)C(=O)N1CCN(CCS(N)(=O)=O)CC1. The number of rotatable bonds is 5. The van der Waals surface area contributed by atoms with E-state index in [1.165, 1.54) is 0 Å². The van der Waals surface area contributed by atoms with Crippen LogP contribution in [-0.2, 0) is 14.8 Å². The second kappa shape index (κ2) is 6.65. The lowest BCUT2D eigenvalue weighted by Crippen LogP contribution is -2.54. The highest BCUT2D eigenvalue weighted by molar-refractivity contribution is 7.89. The molecule has 0 saturated carbocycles. The third-order valence-corrected chi connectivity index (χ3v) is 4.13. The van der Waals surface area contributed by atoms with Gasteiger partial charge in [-0.15, -0.1) is 0 Å². The maximum Gasteiger partial charge on any atom is 0.239 e. The molecular weight excluding hydrogens is 268 g/mol. The Hall–Kier alpha value is -0.700. The summed E-state index contributed by atoms with van der Waals surface area (Å²) < 4.78 is 21.8. The molecule has 1 amide bonds. The molecule has 112 valence electrons. The van der Waals surface area contributed by atoms with Crippen molar-refractivity contribution < 1.29 is 13.2 Å². The number of carbonyl (C=O) groups is 1. The molecule has 1 atom stereocenters. The van der Waals surface area contributed by atoms with Crippen molar-refractivity contribution in [2.75, 3.05) is 38.5 Å². The van der Waals surface area contributed by atoms with Crippen molar-refractivity contribution in [3.8, 4) is 0 Å². The van der Waals surface area contributed by atoms with Crippen molar-refractivity contribution in [2.24, 2.45) is 16.8 Å². The summed E-state index contributed by atoms with van der Waals surface area (Å²) in [6.45, 7) is 6.75. The van der Waals surface area contributed by atoms with Crippen LogP contribution in [-0.4, -0.2) is 68.6 Å². The van der Waals surface area contributed by atoms with Gasteiger partial charge in [-0.3, -0.25) is 9.69 Å². The molecule has 1 saturated heterocycles. The number of piperazine rings is 1. The van der Waals surface area contributed by atoms with E-state index in [9.17, 15) is 13.2 Å². The lowest BCUT2D eigenvalue weighted by molar-refractivity contribution is -0.135. The molecule has 0 aliphatic carbocycles. The third kappa shape index (κ3) is 5.43. The van der Waals surface area contributed by atoms with Gasteiger partial charge in [0.25, 0.3) is 0 Å². The van der Waals surface area contributed by atoms with Gasteiger partial charge in [0.05, 0.1) is 11.8 Å². The monoisotopic (exact) mass is 292 g/mol. The Balaban J connectivity index is 2.39. The highest BCUT2D eigenvalue weighted by Crippen LogP contribution is 2.07. The predicted molar refractivity (Wildman–Crippen MR) is 73.8 cm³/mol. The highest BCUT2D eigenvalue weighted by atomic mass is 32.2. The van der Waals surface area contributed by atoms with Gasteiger partial charge in [0, 0.05) is 32.7 Å². The fourth-order valence-electron chi connectivity index (χ4n) is 1.94. The fourth-order valence-corrected chi connectivity index (χ4v) is 2.46. The number of nitrogens with two attached hydrogens (primary N) is 2. The average Bonchev–Trinajstić information content (AvgIpc) is 2.34. The van der Waals surface area contributed by atoms with E-state index in [1.807, 2.05) is 18.7 Å². The van der Waals surface area contributed by atoms with Crippen LogP contribution in [0.1, 0.15) is 13.8 Å².